The van der Waals surface area contributed by atoms with Crippen molar-refractivity contribution in [1.82, 2.24) is 9.97 Å². The molecule has 1 aliphatic rings. The molecule has 3 nitrogen and oxygen atoms in total. The van der Waals surface area contributed by atoms with Gasteiger partial charge in [-0.2, -0.15) is 0 Å². The van der Waals surface area contributed by atoms with E-state index in [-0.39, 0.29) is 0 Å². The minimum Gasteiger partial charge on any atom is -0.322 e. The van der Waals surface area contributed by atoms with E-state index in [9.17, 15) is 0 Å². The average Bonchev–Trinajstić information content (AvgIpc) is 3.38. The summed E-state index contributed by atoms with van der Waals surface area (Å²) in [6, 6.07) is 12.6. The van der Waals surface area contributed by atoms with E-state index in [2.05, 4.69) is 51.9 Å². The number of anilines is 1. The third-order valence-corrected chi connectivity index (χ3v) is 4.98. The van der Waals surface area contributed by atoms with Gasteiger partial charge in [-0.3, -0.25) is 4.98 Å². The third kappa shape index (κ3) is 2.55. The van der Waals surface area contributed by atoms with Gasteiger partial charge in [-0.1, -0.05) is 18.2 Å². The van der Waals surface area contributed by atoms with Gasteiger partial charge in [-0.15, -0.1) is 0 Å². The maximum absolute atomic E-state index is 4.59. The van der Waals surface area contributed by atoms with Crippen molar-refractivity contribution in [2.75, 3.05) is 4.72 Å². The first kappa shape index (κ1) is 13.6. The number of nitrogens with one attached hydrogen (secondary N) is 1. The van der Waals surface area contributed by atoms with Crippen molar-refractivity contribution in [1.29, 1.82) is 0 Å². The van der Waals surface area contributed by atoms with Gasteiger partial charge >= 0.3 is 0 Å². The van der Waals surface area contributed by atoms with Crippen LogP contribution >= 0.6 is 11.9 Å². The monoisotopic (exact) mass is 307 g/mol. The predicted molar refractivity (Wildman–Crippen MR) is 92.2 cm³/mol. The number of aromatic nitrogens is 2. The second kappa shape index (κ2) is 5.61. The lowest BCUT2D eigenvalue weighted by Crippen LogP contribution is -1.94. The fourth-order valence-corrected chi connectivity index (χ4v) is 3.43. The number of para-hydroxylation sites is 1. The van der Waals surface area contributed by atoms with Gasteiger partial charge < -0.3 is 4.72 Å². The molecule has 0 aliphatic heterocycles. The minimum atomic E-state index is 0.728. The fourth-order valence-electron chi connectivity index (χ4n) is 2.71. The molecule has 110 valence electrons. The van der Waals surface area contributed by atoms with Crippen LogP contribution in [0.4, 0.5) is 5.69 Å². The van der Waals surface area contributed by atoms with Crippen molar-refractivity contribution in [3.8, 4) is 0 Å². The Labute approximate surface area is 134 Å². The van der Waals surface area contributed by atoms with Crippen molar-refractivity contribution < 1.29 is 0 Å². The smallest absolute Gasteiger partial charge is 0.119 e. The first-order valence-electron chi connectivity index (χ1n) is 7.55. The van der Waals surface area contributed by atoms with Gasteiger partial charge in [0.25, 0.3) is 0 Å². The second-order valence-electron chi connectivity index (χ2n) is 5.71. The molecular formula is C18H17N3S. The van der Waals surface area contributed by atoms with Crippen LogP contribution in [0.1, 0.15) is 29.9 Å². The summed E-state index contributed by atoms with van der Waals surface area (Å²) in [7, 11) is 0. The fraction of sp³-hybridized carbons (Fsp3) is 0.222. The Kier molecular flexibility index (Phi) is 3.47. The molecule has 1 fully saturated rings. The quantitative estimate of drug-likeness (QED) is 0.693. The van der Waals surface area contributed by atoms with E-state index >= 15 is 0 Å². The molecule has 0 spiro atoms. The molecule has 0 radical (unpaired) electrons. The molecule has 1 aromatic carbocycles. The topological polar surface area (TPSA) is 37.8 Å². The van der Waals surface area contributed by atoms with Crippen LogP contribution in [0.2, 0.25) is 0 Å². The zero-order chi connectivity index (χ0) is 14.9. The molecule has 1 saturated carbocycles. The summed E-state index contributed by atoms with van der Waals surface area (Å²) in [6.07, 6.45) is 6.36. The van der Waals surface area contributed by atoms with Crippen LogP contribution in [0, 0.1) is 6.92 Å². The Morgan fingerprint density at radius 2 is 1.95 bits per heavy atom. The first-order valence-corrected chi connectivity index (χ1v) is 8.36. The van der Waals surface area contributed by atoms with E-state index in [1.54, 1.807) is 11.9 Å². The molecule has 2 heterocycles. The molecular weight excluding hydrogens is 290 g/mol. The van der Waals surface area contributed by atoms with Crippen LogP contribution in [-0.2, 0) is 0 Å². The highest BCUT2D eigenvalue weighted by molar-refractivity contribution is 8.00. The van der Waals surface area contributed by atoms with Gasteiger partial charge in [-0.05, 0) is 55.0 Å². The summed E-state index contributed by atoms with van der Waals surface area (Å²) in [5.74, 6) is 0.728. The molecule has 2 aromatic heterocycles. The SMILES string of the molecule is Cc1cccnc1SNc1cccc2c(C3CC3)ccnc12. The molecule has 3 aromatic rings. The molecule has 1 N–H and O–H groups in total. The highest BCUT2D eigenvalue weighted by Gasteiger charge is 2.25. The van der Waals surface area contributed by atoms with E-state index in [1.165, 1.54) is 29.4 Å². The van der Waals surface area contributed by atoms with Gasteiger partial charge in [0.2, 0.25) is 0 Å². The molecule has 0 saturated heterocycles. The van der Waals surface area contributed by atoms with Crippen molar-refractivity contribution in [2.45, 2.75) is 30.7 Å². The molecule has 0 atom stereocenters. The standard InChI is InChI=1S/C18H17N3S/c1-12-4-3-10-20-18(12)22-21-16-6-2-5-15-14(13-7-8-13)9-11-19-17(15)16/h2-6,9-11,13,21H,7-8H2,1H3. The lowest BCUT2D eigenvalue weighted by atomic mass is 10.0. The lowest BCUT2D eigenvalue weighted by molar-refractivity contribution is 1.08. The molecule has 0 amide bonds. The second-order valence-corrected chi connectivity index (χ2v) is 6.50. The van der Waals surface area contributed by atoms with E-state index in [0.29, 0.717) is 0 Å². The summed E-state index contributed by atoms with van der Waals surface area (Å²) in [5, 5.41) is 2.27. The summed E-state index contributed by atoms with van der Waals surface area (Å²) >= 11 is 1.54. The van der Waals surface area contributed by atoms with Gasteiger partial charge in [0.15, 0.2) is 0 Å². The van der Waals surface area contributed by atoms with E-state index < -0.39 is 0 Å². The minimum absolute atomic E-state index is 0.728. The number of hydrogen-bond acceptors (Lipinski definition) is 4. The Hall–Kier alpha value is -2.07. The van der Waals surface area contributed by atoms with Gasteiger partial charge in [0.05, 0.1) is 11.2 Å². The van der Waals surface area contributed by atoms with Crippen molar-refractivity contribution >= 4 is 28.5 Å². The Bertz CT molecular complexity index is 827. The molecule has 4 rings (SSSR count). The predicted octanol–water partition coefficient (Wildman–Crippen LogP) is 4.93. The van der Waals surface area contributed by atoms with Crippen LogP contribution in [0.3, 0.4) is 0 Å². The van der Waals surface area contributed by atoms with Crippen LogP contribution in [0.25, 0.3) is 10.9 Å². The average molecular weight is 307 g/mol. The largest absolute Gasteiger partial charge is 0.322 e. The van der Waals surface area contributed by atoms with E-state index in [1.807, 2.05) is 18.5 Å². The number of nitrogens with zero attached hydrogens (tertiary/aromatic N) is 2. The maximum atomic E-state index is 4.59. The van der Waals surface area contributed by atoms with E-state index in [0.717, 1.165) is 22.1 Å². The maximum Gasteiger partial charge on any atom is 0.119 e. The van der Waals surface area contributed by atoms with Crippen LogP contribution in [0.5, 0.6) is 0 Å². The van der Waals surface area contributed by atoms with Crippen LogP contribution in [-0.4, -0.2) is 9.97 Å². The van der Waals surface area contributed by atoms with E-state index in [4.69, 9.17) is 0 Å². The van der Waals surface area contributed by atoms with Gasteiger partial charge in [0, 0.05) is 29.7 Å². The number of aryl methyl sites for hydroxylation is 1. The molecule has 1 aliphatic carbocycles. The van der Waals surface area contributed by atoms with Gasteiger partial charge in [0.1, 0.15) is 5.03 Å². The molecule has 4 heteroatoms. The van der Waals surface area contributed by atoms with Gasteiger partial charge in [-0.25, -0.2) is 4.98 Å². The highest BCUT2D eigenvalue weighted by atomic mass is 32.2. The van der Waals surface area contributed by atoms with Crippen LogP contribution in [0.15, 0.2) is 53.8 Å². The van der Waals surface area contributed by atoms with Crippen molar-refractivity contribution in [3.05, 3.63) is 59.9 Å². The van der Waals surface area contributed by atoms with Crippen molar-refractivity contribution in [3.63, 3.8) is 0 Å². The molecule has 22 heavy (non-hydrogen) atoms. The number of benzene rings is 1. The number of fused-ring (bicyclic) bond motifs is 1. The number of rotatable bonds is 4. The Morgan fingerprint density at radius 1 is 1.05 bits per heavy atom. The first-order chi connectivity index (χ1) is 10.8. The summed E-state index contributed by atoms with van der Waals surface area (Å²) < 4.78 is 3.42. The van der Waals surface area contributed by atoms with Crippen molar-refractivity contribution in [2.24, 2.45) is 0 Å². The molecule has 0 unspecified atom stereocenters. The number of pyridine rings is 2. The molecule has 0 bridgehead atoms. The normalized spacial score (nSPS) is 14.2. The number of hydrogen-bond donors (Lipinski definition) is 1. The summed E-state index contributed by atoms with van der Waals surface area (Å²) in [4.78, 5) is 9.00. The highest BCUT2D eigenvalue weighted by Crippen LogP contribution is 2.43. The Morgan fingerprint density at radius 3 is 2.77 bits per heavy atom. The summed E-state index contributed by atoms with van der Waals surface area (Å²) in [5.41, 5.74) is 4.71. The third-order valence-electron chi connectivity index (χ3n) is 4.04. The van der Waals surface area contributed by atoms with Crippen LogP contribution < -0.4 is 4.72 Å². The zero-order valence-electron chi connectivity index (χ0n) is 12.4. The summed E-state index contributed by atoms with van der Waals surface area (Å²) in [6.45, 7) is 2.07. The zero-order valence-corrected chi connectivity index (χ0v) is 13.2. The Balaban J connectivity index is 1.67. The lowest BCUT2D eigenvalue weighted by Gasteiger charge is -2.11.